The molecule has 0 spiro atoms. The Bertz CT molecular complexity index is 480. The van der Waals surface area contributed by atoms with Crippen molar-refractivity contribution in [2.75, 3.05) is 0 Å². The van der Waals surface area contributed by atoms with Crippen LogP contribution in [0.4, 0.5) is 0 Å². The minimum Gasteiger partial charge on any atom is -0.361 e. The molecule has 8 heteroatoms. The Kier molecular flexibility index (Phi) is 4.88. The van der Waals surface area contributed by atoms with Gasteiger partial charge in [0.05, 0.1) is 0 Å². The summed E-state index contributed by atoms with van der Waals surface area (Å²) in [5.41, 5.74) is -0.611. The van der Waals surface area contributed by atoms with Crippen molar-refractivity contribution in [1.29, 1.82) is 0 Å². The van der Waals surface area contributed by atoms with Crippen LogP contribution >= 0.6 is 0 Å². The highest BCUT2D eigenvalue weighted by Gasteiger charge is 2.53. The molecule has 1 heterocycles. The molecule has 1 aromatic carbocycles. The molecule has 20 heavy (non-hydrogen) atoms. The Labute approximate surface area is 118 Å². The van der Waals surface area contributed by atoms with Gasteiger partial charge in [-0.3, -0.25) is 5.32 Å². The van der Waals surface area contributed by atoms with Crippen LogP contribution in [0.15, 0.2) is 35.3 Å². The maximum atomic E-state index is 10.6. The molecule has 1 unspecified atom stereocenters. The van der Waals surface area contributed by atoms with Crippen molar-refractivity contribution < 1.29 is 39.3 Å². The molecule has 0 radical (unpaired) electrons. The summed E-state index contributed by atoms with van der Waals surface area (Å²) in [4.78, 5) is 4.36. The Morgan fingerprint density at radius 1 is 1.10 bits per heavy atom. The van der Waals surface area contributed by atoms with Crippen molar-refractivity contribution in [3.05, 3.63) is 35.9 Å². The van der Waals surface area contributed by atoms with Crippen LogP contribution in [0.3, 0.4) is 0 Å². The highest BCUT2D eigenvalue weighted by molar-refractivity contribution is 5.72. The van der Waals surface area contributed by atoms with Crippen molar-refractivity contribution in [3.63, 3.8) is 0 Å². The van der Waals surface area contributed by atoms with Gasteiger partial charge in [0, 0.05) is 12.5 Å². The van der Waals surface area contributed by atoms with E-state index in [1.54, 1.807) is 0 Å². The molecule has 0 aliphatic carbocycles. The summed E-state index contributed by atoms with van der Waals surface area (Å²) in [5.74, 6) is 0.895. The molecular formula is C12H17ClN2O5. The fraction of sp³-hybridized carbons (Fsp3) is 0.417. The molecule has 1 aromatic rings. The van der Waals surface area contributed by atoms with E-state index in [1.165, 1.54) is 0 Å². The number of nitrogens with two attached hydrogens (primary N) is 1. The van der Waals surface area contributed by atoms with Gasteiger partial charge in [0.25, 0.3) is 0 Å². The number of hydrogen-bond acceptors (Lipinski definition) is 6. The molecule has 1 aliphatic rings. The summed E-state index contributed by atoms with van der Waals surface area (Å²) < 4.78 is 34.0. The van der Waals surface area contributed by atoms with Gasteiger partial charge in [0.1, 0.15) is 0 Å². The van der Waals surface area contributed by atoms with Crippen LogP contribution in [0, 0.1) is 10.2 Å². The van der Waals surface area contributed by atoms with Gasteiger partial charge in [-0.25, -0.2) is 18.6 Å². The van der Waals surface area contributed by atoms with E-state index in [9.17, 15) is 5.11 Å². The van der Waals surface area contributed by atoms with E-state index in [4.69, 9.17) is 18.6 Å². The van der Waals surface area contributed by atoms with Gasteiger partial charge < -0.3 is 5.11 Å². The fourth-order valence-electron chi connectivity index (χ4n) is 2.16. The third kappa shape index (κ3) is 4.22. The second-order valence-corrected chi connectivity index (χ2v) is 5.79. The Balaban J connectivity index is 0.000000347. The Hall–Kier alpha value is -1.06. The van der Waals surface area contributed by atoms with Crippen LogP contribution < -0.4 is 24.0 Å². The standard InChI is InChI=1S/C12H16N2O.ClHO4/c1-9-13-11(2,3)12(15,14-9)10-7-5-4-6-8-10;2-1(3,4)5/h4-8,15H,1-3H3,(H,13,14);(H,2,3,4,5). The van der Waals surface area contributed by atoms with Gasteiger partial charge in [-0.1, -0.05) is 30.3 Å². The smallest absolute Gasteiger partial charge is 0.243 e. The van der Waals surface area contributed by atoms with E-state index in [-0.39, 0.29) is 5.54 Å². The highest BCUT2D eigenvalue weighted by atomic mass is 35.7. The molecule has 112 valence electrons. The predicted octanol–water partition coefficient (Wildman–Crippen LogP) is -4.15. The van der Waals surface area contributed by atoms with Gasteiger partial charge in [-0.2, -0.15) is 4.99 Å². The average Bonchev–Trinajstić information content (AvgIpc) is 2.47. The molecule has 0 aromatic heterocycles. The topological polar surface area (TPSA) is 141 Å². The Morgan fingerprint density at radius 2 is 1.55 bits per heavy atom. The average molecular weight is 305 g/mol. The monoisotopic (exact) mass is 304 g/mol. The lowest BCUT2D eigenvalue weighted by atomic mass is 9.86. The van der Waals surface area contributed by atoms with Crippen LogP contribution in [0.2, 0.25) is 0 Å². The highest BCUT2D eigenvalue weighted by Crippen LogP contribution is 2.34. The van der Waals surface area contributed by atoms with Crippen molar-refractivity contribution in [3.8, 4) is 0 Å². The van der Waals surface area contributed by atoms with Gasteiger partial charge in [0.15, 0.2) is 11.4 Å². The summed E-state index contributed by atoms with van der Waals surface area (Å²) in [7, 11) is -4.94. The quantitative estimate of drug-likeness (QED) is 0.541. The van der Waals surface area contributed by atoms with Crippen molar-refractivity contribution in [2.24, 2.45) is 4.99 Å². The minimum atomic E-state index is -4.94. The summed E-state index contributed by atoms with van der Waals surface area (Å²) >= 11 is 0. The summed E-state index contributed by atoms with van der Waals surface area (Å²) in [6.45, 7) is 5.92. The number of aliphatic hydroxyl groups is 1. The van der Waals surface area contributed by atoms with E-state index in [2.05, 4.69) is 4.99 Å². The lowest BCUT2D eigenvalue weighted by Crippen LogP contribution is -2.97. The largest absolute Gasteiger partial charge is 0.361 e. The maximum absolute atomic E-state index is 10.6. The van der Waals surface area contributed by atoms with E-state index < -0.39 is 16.0 Å². The lowest BCUT2D eigenvalue weighted by molar-refractivity contribution is -2.00. The number of benzene rings is 1. The van der Waals surface area contributed by atoms with Crippen LogP contribution in [0.25, 0.3) is 0 Å². The second kappa shape index (κ2) is 5.74. The maximum Gasteiger partial charge on any atom is 0.243 e. The minimum absolute atomic E-state index is 0.349. The molecule has 7 nitrogen and oxygen atoms in total. The number of quaternary nitrogens is 1. The van der Waals surface area contributed by atoms with E-state index in [1.807, 2.05) is 56.4 Å². The number of aliphatic imine (C=N–C) groups is 1. The van der Waals surface area contributed by atoms with Gasteiger partial charge in [0.2, 0.25) is 5.72 Å². The number of rotatable bonds is 1. The van der Waals surface area contributed by atoms with Gasteiger partial charge in [-0.05, 0) is 13.8 Å². The van der Waals surface area contributed by atoms with Gasteiger partial charge in [-0.15, -0.1) is 10.2 Å². The van der Waals surface area contributed by atoms with Crippen LogP contribution in [-0.2, 0) is 5.72 Å². The number of halogens is 1. The second-order valence-electron chi connectivity index (χ2n) is 5.04. The van der Waals surface area contributed by atoms with Crippen molar-refractivity contribution >= 4 is 5.84 Å². The predicted molar refractivity (Wildman–Crippen MR) is 59.5 cm³/mol. The fourth-order valence-corrected chi connectivity index (χ4v) is 2.16. The molecule has 0 bridgehead atoms. The first-order valence-corrected chi connectivity index (χ1v) is 7.01. The molecule has 0 amide bonds. The first kappa shape index (κ1) is 17.0. The zero-order valence-electron chi connectivity index (χ0n) is 11.4. The number of hydrogen-bond donors (Lipinski definition) is 2. The molecule has 1 aliphatic heterocycles. The third-order valence-electron chi connectivity index (χ3n) is 2.98. The van der Waals surface area contributed by atoms with E-state index in [0.717, 1.165) is 11.4 Å². The van der Waals surface area contributed by atoms with E-state index in [0.29, 0.717) is 0 Å². The molecule has 3 N–H and O–H groups in total. The third-order valence-corrected chi connectivity index (χ3v) is 2.98. The van der Waals surface area contributed by atoms with Crippen molar-refractivity contribution in [2.45, 2.75) is 32.0 Å². The van der Waals surface area contributed by atoms with Crippen LogP contribution in [0.5, 0.6) is 0 Å². The molecular weight excluding hydrogens is 288 g/mol. The Morgan fingerprint density at radius 3 is 1.90 bits per heavy atom. The molecule has 0 saturated carbocycles. The number of amidine groups is 1. The molecule has 1 atom stereocenters. The van der Waals surface area contributed by atoms with E-state index >= 15 is 0 Å². The first-order valence-electron chi connectivity index (χ1n) is 5.78. The zero-order chi connectivity index (χ0) is 15.6. The van der Waals surface area contributed by atoms with Crippen LogP contribution in [-0.4, -0.2) is 16.5 Å². The SMILES string of the molecule is CC1=NC(O)(c2ccccc2)C(C)(C)[NH2+]1.[O-][Cl+3]([O-])([O-])[O-]. The lowest BCUT2D eigenvalue weighted by Gasteiger charge is -2.30. The van der Waals surface area contributed by atoms with Crippen LogP contribution in [0.1, 0.15) is 26.3 Å². The summed E-state index contributed by atoms with van der Waals surface area (Å²) in [6.07, 6.45) is 0. The molecule has 2 rings (SSSR count). The molecule has 0 saturated heterocycles. The summed E-state index contributed by atoms with van der Waals surface area (Å²) in [6, 6.07) is 9.61. The normalized spacial score (nSPS) is 24.7. The summed E-state index contributed by atoms with van der Waals surface area (Å²) in [5, 5.41) is 12.7. The number of nitrogens with zero attached hydrogens (tertiary/aromatic N) is 1. The van der Waals surface area contributed by atoms with Crippen molar-refractivity contribution in [1.82, 2.24) is 0 Å². The first-order chi connectivity index (χ1) is 8.96. The zero-order valence-corrected chi connectivity index (χ0v) is 12.1. The molecule has 0 fully saturated rings. The van der Waals surface area contributed by atoms with Gasteiger partial charge >= 0.3 is 0 Å².